The fraction of sp³-hybridized carbons (Fsp3) is 0.537. The van der Waals surface area contributed by atoms with E-state index in [4.69, 9.17) is 58.7 Å². The van der Waals surface area contributed by atoms with Gasteiger partial charge in [0.1, 0.15) is 13.2 Å². The maximum atomic E-state index is 14.1. The predicted octanol–water partition coefficient (Wildman–Crippen LogP) is 0.688. The number of ether oxygens (including phenoxy) is 9. The molecule has 0 bridgehead atoms. The van der Waals surface area contributed by atoms with E-state index in [0.29, 0.717) is 73.1 Å². The zero-order valence-corrected chi connectivity index (χ0v) is 78.4. The minimum absolute atomic E-state index is 0. The van der Waals surface area contributed by atoms with E-state index in [2.05, 4.69) is 73.4 Å². The normalized spacial score (nSPS) is 17.1. The van der Waals surface area contributed by atoms with Crippen LogP contribution in [0.4, 0.5) is 26.3 Å². The Morgan fingerprint density at radius 1 is 0.547 bits per heavy atom. The summed E-state index contributed by atoms with van der Waals surface area (Å²) >= 11 is 3.00. The van der Waals surface area contributed by atoms with Crippen molar-refractivity contribution in [3.63, 3.8) is 0 Å². The number of imidazole rings is 3. The van der Waals surface area contributed by atoms with Crippen molar-refractivity contribution in [3.05, 3.63) is 213 Å². The number of nitrogens with zero attached hydrogens (tertiary/aromatic N) is 11. The molecule has 37 nitrogen and oxygen atoms in total. The zero-order valence-electron chi connectivity index (χ0n) is 73.5. The Bertz CT molecular complexity index is 5400. The summed E-state index contributed by atoms with van der Waals surface area (Å²) in [5.41, 5.74) is -4.70. The molecule has 0 radical (unpaired) electrons. The summed E-state index contributed by atoms with van der Waals surface area (Å²) in [5, 5.41) is 41.9. The molecule has 0 aliphatic carbocycles. The third-order valence-corrected chi connectivity index (χ3v) is 19.7. The number of nitrogens with one attached hydrogen (secondary N) is 1. The van der Waals surface area contributed by atoms with Gasteiger partial charge >= 0.3 is 46.6 Å². The van der Waals surface area contributed by atoms with Gasteiger partial charge in [-0.05, 0) is 40.7 Å². The summed E-state index contributed by atoms with van der Waals surface area (Å²) in [6.07, 6.45) is 9.21. The van der Waals surface area contributed by atoms with Crippen molar-refractivity contribution in [1.82, 2.24) is 56.5 Å². The van der Waals surface area contributed by atoms with Crippen LogP contribution in [-0.2, 0) is 141 Å². The van der Waals surface area contributed by atoms with Crippen molar-refractivity contribution in [2.75, 3.05) is 150 Å². The number of alkyl halides is 7. The Kier molecular flexibility index (Phi) is 47.2. The minimum atomic E-state index is -3.53. The van der Waals surface area contributed by atoms with Crippen LogP contribution in [0.5, 0.6) is 0 Å². The van der Waals surface area contributed by atoms with E-state index in [0.717, 1.165) is 51.5 Å². The van der Waals surface area contributed by atoms with Crippen molar-refractivity contribution in [2.24, 2.45) is 42.3 Å². The molecule has 128 heavy (non-hydrogen) atoms. The van der Waals surface area contributed by atoms with Crippen LogP contribution in [0.1, 0.15) is 37.4 Å². The Balaban J connectivity index is 0.000000373. The Labute approximate surface area is 769 Å². The fourth-order valence-corrected chi connectivity index (χ4v) is 11.4. The van der Waals surface area contributed by atoms with Crippen LogP contribution in [-0.4, -0.2) is 283 Å². The van der Waals surface area contributed by atoms with Gasteiger partial charge in [-0.1, -0.05) is 120 Å². The molecule has 710 valence electrons. The summed E-state index contributed by atoms with van der Waals surface area (Å²) in [6, 6.07) is 29.2. The van der Waals surface area contributed by atoms with Gasteiger partial charge in [0.15, 0.2) is 61.8 Å². The number of aromatic amines is 1. The number of fused-ring (bicyclic) bond motifs is 3. The minimum Gasteiger partial charge on any atom is -1.00 e. The summed E-state index contributed by atoms with van der Waals surface area (Å²) in [5.74, 6) is -1.52. The second kappa shape index (κ2) is 53.7. The smallest absolute Gasteiger partial charge is 1.00 e. The van der Waals surface area contributed by atoms with E-state index in [9.17, 15) is 71.9 Å². The first-order valence-electron chi connectivity index (χ1n) is 38.8. The second-order valence-corrected chi connectivity index (χ2v) is 35.2. The number of aryl methyl sites for hydroxylation is 6. The molecule has 48 heteroatoms. The van der Waals surface area contributed by atoms with Gasteiger partial charge < -0.3 is 83.3 Å². The Morgan fingerprint density at radius 2 is 0.914 bits per heavy atom. The third-order valence-electron chi connectivity index (χ3n) is 18.1. The van der Waals surface area contributed by atoms with E-state index in [-0.39, 0.29) is 146 Å². The van der Waals surface area contributed by atoms with Crippen LogP contribution in [0.15, 0.2) is 163 Å². The molecule has 6 fully saturated rings. The molecule has 6 aromatic heterocycles. The van der Waals surface area contributed by atoms with Gasteiger partial charge in [0, 0.05) is 77.9 Å². The average molecular weight is 1960 g/mol. The van der Waals surface area contributed by atoms with Crippen LogP contribution in [0.3, 0.4) is 0 Å². The van der Waals surface area contributed by atoms with E-state index in [1.165, 1.54) is 68.8 Å². The standard InChI is InChI=1S/C11H14BrFO2.2C11H13FN4O3.C11H13FO2.C11H14O2.C7H8N4O2.C5H9FO4S.C4H7FO2.C4H8O2.C4H8O.CH3ClO2S.Na.H/c12-7-11(13,8-14)9-15-6-10-4-2-1-3-5-10;2*1-14-6-13-8-7(14)9(17)16(10(18)15(8)2)3-11(12)4-19-5-11;12-11(6-7-14-11)9-13-8-10-4-2-1-3-5-10;1-10(7-12)8-13-9-11-5-3-2-4-6-11;1-10-3-8-5-4(10)6(12)9-7(13)11(5)2;1-11(7,8)10-4-5(6)2-9-3-5;5-4(1-6)2-7-3-4;1-4(2-5)3-6;1-2-4-5-3-1;1-5(2,3)4;;/h1-5,14H,6-9H2;2*6H,3-5H2,1-2H3;1-5H,6-9H2;2-6,12H,1,7-9H2;3H,1-2H3,(H,9,12,13);2-4H2,1H3;6H,1-3H2;5-6H,1-3H2;1-4H2;1H3;;/q;;;;;;;;;;;+1;-1. The monoisotopic (exact) mass is 1950 g/mol. The van der Waals surface area contributed by atoms with Gasteiger partial charge in [-0.2, -0.15) is 8.42 Å². The van der Waals surface area contributed by atoms with Crippen LogP contribution in [0, 0.1) is 0 Å². The number of halogens is 8. The van der Waals surface area contributed by atoms with Crippen molar-refractivity contribution < 1.29 is 147 Å². The number of benzene rings is 3. The molecule has 6 saturated heterocycles. The maximum absolute atomic E-state index is 14.1. The van der Waals surface area contributed by atoms with Crippen LogP contribution in [0.25, 0.3) is 33.5 Å². The first-order chi connectivity index (χ1) is 59.8. The van der Waals surface area contributed by atoms with Gasteiger partial charge in [-0.3, -0.25) is 46.4 Å². The summed E-state index contributed by atoms with van der Waals surface area (Å²) in [6.45, 7) is 8.53. The summed E-state index contributed by atoms with van der Waals surface area (Å²) in [4.78, 5) is 85.3. The van der Waals surface area contributed by atoms with Gasteiger partial charge in [-0.25, -0.2) is 64.1 Å². The average Bonchev–Trinajstić information content (AvgIpc) is 1.66. The molecule has 6 N–H and O–H groups in total. The van der Waals surface area contributed by atoms with Crippen molar-refractivity contribution >= 4 is 79.3 Å². The number of H-pyrrole nitrogens is 1. The largest absolute Gasteiger partial charge is 1.00 e. The molecular weight excluding hydrogens is 1850 g/mol. The second-order valence-electron chi connectivity index (χ2n) is 29.9. The zero-order chi connectivity index (χ0) is 94.6. The molecule has 15 rings (SSSR count). The first-order valence-corrected chi connectivity index (χ1v) is 44.4. The first kappa shape index (κ1) is 113. The van der Waals surface area contributed by atoms with Crippen molar-refractivity contribution in [3.8, 4) is 0 Å². The van der Waals surface area contributed by atoms with Crippen LogP contribution >= 0.6 is 26.6 Å². The molecule has 3 aromatic carbocycles. The van der Waals surface area contributed by atoms with Gasteiger partial charge in [0.2, 0.25) is 14.9 Å². The molecule has 2 atom stereocenters. The number of hydrogen-bond donors (Lipinski definition) is 6. The number of hydrogen-bond acceptors (Lipinski definition) is 28. The predicted molar refractivity (Wildman–Crippen MR) is 462 cm³/mol. The van der Waals surface area contributed by atoms with E-state index >= 15 is 0 Å². The Hall–Kier alpha value is -7.76. The molecule has 0 amide bonds. The summed E-state index contributed by atoms with van der Waals surface area (Å²) < 4.78 is 178. The van der Waals surface area contributed by atoms with E-state index < -0.39 is 107 Å². The molecule has 9 aromatic rings. The van der Waals surface area contributed by atoms with Gasteiger partial charge in [0.25, 0.3) is 26.8 Å². The van der Waals surface area contributed by atoms with E-state index in [1.54, 1.807) is 32.8 Å². The number of rotatable bonds is 25. The molecular formula is C80H111BrClF6N12NaO25S2. The van der Waals surface area contributed by atoms with Gasteiger partial charge in [0.05, 0.1) is 170 Å². The molecule has 6 aliphatic rings. The quantitative estimate of drug-likeness (QED) is 0.0114. The molecule has 6 aliphatic heterocycles. The molecule has 0 saturated carbocycles. The number of aliphatic hydroxyl groups is 5. The topological polar surface area (TPSA) is 458 Å². The molecule has 2 unspecified atom stereocenters. The van der Waals surface area contributed by atoms with Crippen LogP contribution in [0.2, 0.25) is 0 Å². The van der Waals surface area contributed by atoms with Crippen molar-refractivity contribution in [2.45, 2.75) is 86.4 Å². The van der Waals surface area contributed by atoms with Gasteiger partial charge in [-0.15, -0.1) is 0 Å². The Morgan fingerprint density at radius 3 is 1.21 bits per heavy atom. The SMILES string of the molecule is C1CCOC1.C=C(CO)CO.C=C(CO)COCc1ccccc1.CS(=O)(=O)Cl.CS(=O)(=O)OCC1(F)COC1.Cn1cnc2c1c(=O)[nH]c(=O)n2C.Cn1cnc2c1c(=O)n(CC1(F)COC1)c(=O)n2C.Cn1cnc2c1c(=O)n(CC1(F)COC1)c(=O)n2C.FC1(COCc2ccccc2)CCO1.OCC(F)(CBr)COCc1ccccc1.OCC1(F)COC1.[H-].[Na+]. The van der Waals surface area contributed by atoms with Crippen LogP contribution < -0.4 is 63.3 Å². The molecule has 0 spiro atoms. The third kappa shape index (κ3) is 37.5. The van der Waals surface area contributed by atoms with E-state index in [1.807, 2.05) is 91.0 Å². The molecule has 12 heterocycles. The maximum Gasteiger partial charge on any atom is 1.00 e. The fourth-order valence-electron chi connectivity index (χ4n) is 10.6. The van der Waals surface area contributed by atoms with Crippen molar-refractivity contribution in [1.29, 1.82) is 0 Å². The summed E-state index contributed by atoms with van der Waals surface area (Å²) in [7, 11) is 7.38. The number of aliphatic hydroxyl groups excluding tert-OH is 5. The number of aromatic nitrogens is 12.